The molecule has 1 N–H and O–H groups in total. The van der Waals surface area contributed by atoms with Crippen molar-refractivity contribution in [3.63, 3.8) is 0 Å². The molecular formula is C26H33N3O3S. The van der Waals surface area contributed by atoms with Gasteiger partial charge in [-0.15, -0.1) is 0 Å². The van der Waals surface area contributed by atoms with Crippen molar-refractivity contribution in [3.05, 3.63) is 87.5 Å². The van der Waals surface area contributed by atoms with Crippen LogP contribution < -0.4 is 10.3 Å². The van der Waals surface area contributed by atoms with E-state index in [1.165, 1.54) is 0 Å². The number of allylic oxidation sites excluding steroid dienone is 3. The summed E-state index contributed by atoms with van der Waals surface area (Å²) in [6, 6.07) is 9.89. The number of aldehydes is 1. The molecule has 3 rings (SSSR count). The number of nitrogens with one attached hydrogen (secondary N) is 1. The molecule has 3 atom stereocenters. The van der Waals surface area contributed by atoms with Gasteiger partial charge >= 0.3 is 0 Å². The fraction of sp³-hybridized carbons (Fsp3) is 0.385. The van der Waals surface area contributed by atoms with Gasteiger partial charge in [0.1, 0.15) is 0 Å². The molecule has 33 heavy (non-hydrogen) atoms. The molecule has 6 nitrogen and oxygen atoms in total. The minimum Gasteiger partial charge on any atom is -0.383 e. The summed E-state index contributed by atoms with van der Waals surface area (Å²) in [7, 11) is 2.67. The minimum absolute atomic E-state index is 0.0341. The summed E-state index contributed by atoms with van der Waals surface area (Å²) in [4.78, 5) is 26.9. The van der Waals surface area contributed by atoms with Crippen molar-refractivity contribution in [2.75, 3.05) is 20.4 Å². The zero-order chi connectivity index (χ0) is 24.0. The van der Waals surface area contributed by atoms with Crippen LogP contribution in [0.2, 0.25) is 0 Å². The first kappa shape index (κ1) is 24.9. The van der Waals surface area contributed by atoms with Crippen molar-refractivity contribution in [1.29, 1.82) is 0 Å². The second-order valence-corrected chi connectivity index (χ2v) is 9.76. The van der Waals surface area contributed by atoms with E-state index < -0.39 is 11.0 Å². The average molecular weight is 468 g/mol. The third-order valence-electron chi connectivity index (χ3n) is 6.03. The molecule has 0 saturated heterocycles. The Balaban J connectivity index is 2.00. The molecule has 0 fully saturated rings. The van der Waals surface area contributed by atoms with Crippen molar-refractivity contribution in [1.82, 2.24) is 14.2 Å². The first-order valence-corrected chi connectivity index (χ1v) is 12.8. The topological polar surface area (TPSA) is 71.4 Å². The zero-order valence-corrected chi connectivity index (χ0v) is 20.6. The van der Waals surface area contributed by atoms with E-state index in [1.54, 1.807) is 16.9 Å². The van der Waals surface area contributed by atoms with Crippen LogP contribution in [-0.4, -0.2) is 46.4 Å². The van der Waals surface area contributed by atoms with E-state index in [0.717, 1.165) is 41.4 Å². The third kappa shape index (κ3) is 6.18. The van der Waals surface area contributed by atoms with E-state index >= 15 is 0 Å². The zero-order valence-electron chi connectivity index (χ0n) is 19.8. The van der Waals surface area contributed by atoms with Crippen molar-refractivity contribution in [3.8, 4) is 0 Å². The van der Waals surface area contributed by atoms with Crippen LogP contribution in [0.25, 0.3) is 5.57 Å². The summed E-state index contributed by atoms with van der Waals surface area (Å²) in [6.45, 7) is 2.57. The Morgan fingerprint density at radius 2 is 2.09 bits per heavy atom. The van der Waals surface area contributed by atoms with Gasteiger partial charge in [-0.3, -0.25) is 9.59 Å². The molecule has 1 aliphatic carbocycles. The summed E-state index contributed by atoms with van der Waals surface area (Å²) in [5.41, 5.74) is 4.40. The molecule has 7 heteroatoms. The highest BCUT2D eigenvalue weighted by atomic mass is 32.2. The fourth-order valence-electron chi connectivity index (χ4n) is 4.46. The Hall–Kier alpha value is -2.77. The number of hydrogen-bond acceptors (Lipinski definition) is 4. The number of aryl methyl sites for hydroxylation is 2. The van der Waals surface area contributed by atoms with Crippen molar-refractivity contribution >= 4 is 22.8 Å². The van der Waals surface area contributed by atoms with Crippen LogP contribution in [0, 0.1) is 0 Å². The molecular weight excluding hydrogens is 434 g/mol. The van der Waals surface area contributed by atoms with Gasteiger partial charge in [0, 0.05) is 56.2 Å². The van der Waals surface area contributed by atoms with Crippen LogP contribution in [-0.2, 0) is 35.2 Å². The van der Waals surface area contributed by atoms with Crippen molar-refractivity contribution in [2.45, 2.75) is 44.7 Å². The molecule has 1 aromatic heterocycles. The lowest BCUT2D eigenvalue weighted by molar-refractivity contribution is -0.103. The number of rotatable bonds is 9. The quantitative estimate of drug-likeness (QED) is 0.350. The molecule has 0 amide bonds. The average Bonchev–Trinajstić information content (AvgIpc) is 2.78. The second kappa shape index (κ2) is 11.4. The van der Waals surface area contributed by atoms with Crippen molar-refractivity contribution < 1.29 is 9.00 Å². The van der Waals surface area contributed by atoms with E-state index in [9.17, 15) is 13.8 Å². The molecule has 3 unspecified atom stereocenters. The standard InChI is InChI=1S/C26H33N3O3S/c1-5-29-15-13-20-11-12-24(27-33(4)32)23(25(20)26(29)31)17-19-8-6-9-21(16-19)22(18-30)10-7-14-28(2)3/h6-10,13-16,18,23-24,27H,5,11-12,17H2,1-4H3/b14-7-,22-10+. The van der Waals surface area contributed by atoms with Crippen LogP contribution in [0.1, 0.15) is 41.5 Å². The van der Waals surface area contributed by atoms with E-state index in [2.05, 4.69) is 4.72 Å². The summed E-state index contributed by atoms with van der Waals surface area (Å²) in [5.74, 6) is -0.100. The summed E-state index contributed by atoms with van der Waals surface area (Å²) < 4.78 is 16.9. The van der Waals surface area contributed by atoms with Crippen molar-refractivity contribution in [2.24, 2.45) is 0 Å². The van der Waals surface area contributed by atoms with Crippen LogP contribution >= 0.6 is 0 Å². The largest absolute Gasteiger partial charge is 0.383 e. The lowest BCUT2D eigenvalue weighted by Gasteiger charge is -2.33. The Morgan fingerprint density at radius 1 is 1.30 bits per heavy atom. The predicted molar refractivity (Wildman–Crippen MR) is 135 cm³/mol. The monoisotopic (exact) mass is 467 g/mol. The number of fused-ring (bicyclic) bond motifs is 1. The number of benzene rings is 1. The SMILES string of the molecule is CCn1ccc2c(c1=O)C(Cc1cccc(/C(C=O)=C/C=C\N(C)C)c1)C(NS(C)=O)CC2. The summed E-state index contributed by atoms with van der Waals surface area (Å²) in [6.07, 6.45) is 12.1. The molecule has 1 aromatic carbocycles. The number of pyridine rings is 1. The molecule has 2 aromatic rings. The second-order valence-electron chi connectivity index (χ2n) is 8.62. The van der Waals surface area contributed by atoms with Gasteiger partial charge in [-0.05, 0) is 67.3 Å². The van der Waals surface area contributed by atoms with E-state index in [1.807, 2.05) is 74.7 Å². The smallest absolute Gasteiger partial charge is 0.254 e. The molecule has 1 aliphatic rings. The first-order valence-electron chi connectivity index (χ1n) is 11.2. The number of carbonyl (C=O) groups is 1. The van der Waals surface area contributed by atoms with Gasteiger partial charge in [0.05, 0.1) is 11.0 Å². The maximum absolute atomic E-state index is 13.3. The highest BCUT2D eigenvalue weighted by molar-refractivity contribution is 7.82. The lowest BCUT2D eigenvalue weighted by Crippen LogP contribution is -2.43. The number of hydrogen-bond donors (Lipinski definition) is 1. The van der Waals surface area contributed by atoms with Gasteiger partial charge < -0.3 is 9.47 Å². The highest BCUT2D eigenvalue weighted by Crippen LogP contribution is 2.33. The van der Waals surface area contributed by atoms with Gasteiger partial charge in [-0.25, -0.2) is 8.93 Å². The first-order chi connectivity index (χ1) is 15.8. The van der Waals surface area contributed by atoms with Crippen LogP contribution in [0.5, 0.6) is 0 Å². The Kier molecular flexibility index (Phi) is 8.58. The Morgan fingerprint density at radius 3 is 2.76 bits per heavy atom. The maximum Gasteiger partial charge on any atom is 0.254 e. The minimum atomic E-state index is -1.18. The Bertz CT molecular complexity index is 1130. The van der Waals surface area contributed by atoms with Crippen LogP contribution in [0.3, 0.4) is 0 Å². The lowest BCUT2D eigenvalue weighted by atomic mass is 9.77. The third-order valence-corrected chi connectivity index (χ3v) is 6.67. The van der Waals surface area contributed by atoms with Gasteiger partial charge in [0.15, 0.2) is 6.29 Å². The van der Waals surface area contributed by atoms with Gasteiger partial charge in [-0.2, -0.15) is 0 Å². The summed E-state index contributed by atoms with van der Waals surface area (Å²) >= 11 is 0. The normalized spacial score (nSPS) is 19.3. The number of nitrogens with zero attached hydrogens (tertiary/aromatic N) is 2. The Labute approximate surface area is 198 Å². The summed E-state index contributed by atoms with van der Waals surface area (Å²) in [5, 5.41) is 0. The number of aromatic nitrogens is 1. The molecule has 0 spiro atoms. The molecule has 1 heterocycles. The maximum atomic E-state index is 13.3. The van der Waals surface area contributed by atoms with Crippen LogP contribution in [0.4, 0.5) is 0 Å². The van der Waals surface area contributed by atoms with E-state index in [-0.39, 0.29) is 17.5 Å². The van der Waals surface area contributed by atoms with Crippen LogP contribution in [0.15, 0.2) is 59.7 Å². The van der Waals surface area contributed by atoms with Gasteiger partial charge in [0.2, 0.25) is 0 Å². The highest BCUT2D eigenvalue weighted by Gasteiger charge is 2.33. The van der Waals surface area contributed by atoms with Gasteiger partial charge in [-0.1, -0.05) is 24.3 Å². The molecule has 0 bridgehead atoms. The van der Waals surface area contributed by atoms with E-state index in [4.69, 9.17) is 0 Å². The fourth-order valence-corrected chi connectivity index (χ4v) is 5.17. The molecule has 176 valence electrons. The predicted octanol–water partition coefficient (Wildman–Crippen LogP) is 3.05. The molecule has 0 aliphatic heterocycles. The molecule has 0 radical (unpaired) electrons. The van der Waals surface area contributed by atoms with Gasteiger partial charge in [0.25, 0.3) is 5.56 Å². The molecule has 0 saturated carbocycles. The number of carbonyl (C=O) groups excluding carboxylic acids is 1. The van der Waals surface area contributed by atoms with E-state index in [0.29, 0.717) is 18.5 Å².